The predicted molar refractivity (Wildman–Crippen MR) is 78.0 cm³/mol. The zero-order chi connectivity index (χ0) is 12.0. The zero-order valence-corrected chi connectivity index (χ0v) is 11.6. The second-order valence-electron chi connectivity index (χ2n) is 3.37. The third kappa shape index (κ3) is 3.77. The quantitative estimate of drug-likeness (QED) is 0.600. The second-order valence-corrected chi connectivity index (χ2v) is 5.10. The summed E-state index contributed by atoms with van der Waals surface area (Å²) in [4.78, 5) is 2.04. The van der Waals surface area contributed by atoms with Gasteiger partial charge in [0.2, 0.25) is 0 Å². The van der Waals surface area contributed by atoms with Crippen LogP contribution >= 0.6 is 24.2 Å². The van der Waals surface area contributed by atoms with E-state index in [2.05, 4.69) is 30.3 Å². The van der Waals surface area contributed by atoms with Gasteiger partial charge in [0.05, 0.1) is 0 Å². The van der Waals surface area contributed by atoms with Crippen LogP contribution in [-0.4, -0.2) is 28.8 Å². The Labute approximate surface area is 108 Å². The van der Waals surface area contributed by atoms with Crippen LogP contribution in [0, 0.1) is 0 Å². The molecule has 4 heteroatoms. The molecule has 0 spiro atoms. The molecule has 0 saturated heterocycles. The SMILES string of the molecule is CCN(CC)SC(=S)N(C)c1ccccc1. The highest BCUT2D eigenvalue weighted by atomic mass is 32.2. The summed E-state index contributed by atoms with van der Waals surface area (Å²) in [6.07, 6.45) is 0. The van der Waals surface area contributed by atoms with E-state index in [1.54, 1.807) is 11.9 Å². The minimum Gasteiger partial charge on any atom is -0.329 e. The number of anilines is 1. The molecule has 2 nitrogen and oxygen atoms in total. The number of hydrogen-bond donors (Lipinski definition) is 0. The van der Waals surface area contributed by atoms with E-state index in [9.17, 15) is 0 Å². The molecule has 88 valence electrons. The molecule has 16 heavy (non-hydrogen) atoms. The highest BCUT2D eigenvalue weighted by Crippen LogP contribution is 2.19. The van der Waals surface area contributed by atoms with E-state index in [-0.39, 0.29) is 0 Å². The van der Waals surface area contributed by atoms with E-state index in [1.165, 1.54) is 0 Å². The van der Waals surface area contributed by atoms with Gasteiger partial charge in [-0.05, 0) is 24.1 Å². The van der Waals surface area contributed by atoms with E-state index >= 15 is 0 Å². The highest BCUT2D eigenvalue weighted by Gasteiger charge is 2.10. The van der Waals surface area contributed by atoms with Gasteiger partial charge in [-0.3, -0.25) is 0 Å². The Kier molecular flexibility index (Phi) is 5.80. The fraction of sp³-hybridized carbons (Fsp3) is 0.417. The van der Waals surface area contributed by atoms with Crippen molar-refractivity contribution in [1.82, 2.24) is 4.31 Å². The first kappa shape index (κ1) is 13.5. The van der Waals surface area contributed by atoms with Gasteiger partial charge in [0.15, 0.2) is 4.32 Å². The molecule has 1 aromatic rings. The maximum absolute atomic E-state index is 5.41. The Hall–Kier alpha value is -0.580. The maximum atomic E-state index is 5.41. The summed E-state index contributed by atoms with van der Waals surface area (Å²) in [5, 5.41) is 0. The normalized spacial score (nSPS) is 10.5. The third-order valence-corrected chi connectivity index (χ3v) is 4.03. The van der Waals surface area contributed by atoms with Crippen LogP contribution in [0.4, 0.5) is 5.69 Å². The minimum absolute atomic E-state index is 0.884. The van der Waals surface area contributed by atoms with Gasteiger partial charge in [0.1, 0.15) is 0 Å². The summed E-state index contributed by atoms with van der Waals surface area (Å²) in [6, 6.07) is 10.2. The molecule has 0 unspecified atom stereocenters. The summed E-state index contributed by atoms with van der Waals surface area (Å²) >= 11 is 7.05. The lowest BCUT2D eigenvalue weighted by Crippen LogP contribution is -2.26. The fourth-order valence-corrected chi connectivity index (χ4v) is 2.41. The van der Waals surface area contributed by atoms with Crippen LogP contribution in [0.5, 0.6) is 0 Å². The Bertz CT molecular complexity index is 323. The van der Waals surface area contributed by atoms with Crippen LogP contribution in [0.2, 0.25) is 0 Å². The van der Waals surface area contributed by atoms with Crippen molar-refractivity contribution < 1.29 is 0 Å². The van der Waals surface area contributed by atoms with Crippen molar-refractivity contribution in [2.24, 2.45) is 0 Å². The standard InChI is InChI=1S/C12H18N2S2/c1-4-14(5-2)16-12(15)13(3)11-9-7-6-8-10-11/h6-10H,4-5H2,1-3H3. The molecule has 0 atom stereocenters. The molecule has 1 rings (SSSR count). The second kappa shape index (κ2) is 6.89. The lowest BCUT2D eigenvalue weighted by Gasteiger charge is -2.24. The maximum Gasteiger partial charge on any atom is 0.155 e. The number of nitrogens with zero attached hydrogens (tertiary/aromatic N) is 2. The van der Waals surface area contributed by atoms with Crippen LogP contribution in [0.3, 0.4) is 0 Å². The van der Waals surface area contributed by atoms with Gasteiger partial charge in [0.25, 0.3) is 0 Å². The lowest BCUT2D eigenvalue weighted by molar-refractivity contribution is 0.529. The Morgan fingerprint density at radius 1 is 1.19 bits per heavy atom. The van der Waals surface area contributed by atoms with Crippen LogP contribution in [0.15, 0.2) is 30.3 Å². The molecule has 0 fully saturated rings. The molecule has 0 aliphatic heterocycles. The Morgan fingerprint density at radius 2 is 1.75 bits per heavy atom. The molecule has 0 saturated carbocycles. The van der Waals surface area contributed by atoms with Crippen molar-refractivity contribution in [3.05, 3.63) is 30.3 Å². The van der Waals surface area contributed by atoms with Gasteiger partial charge in [-0.2, -0.15) is 0 Å². The minimum atomic E-state index is 0.884. The summed E-state index contributed by atoms with van der Waals surface area (Å²) in [7, 11) is 2.01. The summed E-state index contributed by atoms with van der Waals surface area (Å²) in [5.41, 5.74) is 1.13. The molecular formula is C12H18N2S2. The smallest absolute Gasteiger partial charge is 0.155 e. The molecule has 0 aliphatic rings. The van der Waals surface area contributed by atoms with E-state index in [4.69, 9.17) is 12.2 Å². The zero-order valence-electron chi connectivity index (χ0n) is 10.0. The van der Waals surface area contributed by atoms with E-state index in [0.717, 1.165) is 23.1 Å². The van der Waals surface area contributed by atoms with Crippen molar-refractivity contribution in [2.45, 2.75) is 13.8 Å². The Morgan fingerprint density at radius 3 is 2.25 bits per heavy atom. The summed E-state index contributed by atoms with van der Waals surface area (Å²) < 4.78 is 3.12. The molecule has 0 bridgehead atoms. The Balaban J connectivity index is 2.61. The molecule has 0 aliphatic carbocycles. The summed E-state index contributed by atoms with van der Waals surface area (Å²) in [5.74, 6) is 0. The van der Waals surface area contributed by atoms with Gasteiger partial charge in [-0.15, -0.1) is 0 Å². The van der Waals surface area contributed by atoms with Crippen molar-refractivity contribution in [3.8, 4) is 0 Å². The first-order valence-electron chi connectivity index (χ1n) is 5.44. The van der Waals surface area contributed by atoms with Crippen molar-refractivity contribution in [2.75, 3.05) is 25.0 Å². The first-order chi connectivity index (χ1) is 7.69. The molecule has 0 aromatic heterocycles. The fourth-order valence-electron chi connectivity index (χ4n) is 1.28. The van der Waals surface area contributed by atoms with Crippen molar-refractivity contribution in [1.29, 1.82) is 0 Å². The molecule has 0 heterocycles. The van der Waals surface area contributed by atoms with Gasteiger partial charge >= 0.3 is 0 Å². The largest absolute Gasteiger partial charge is 0.329 e. The molecule has 0 N–H and O–H groups in total. The van der Waals surface area contributed by atoms with Crippen molar-refractivity contribution in [3.63, 3.8) is 0 Å². The van der Waals surface area contributed by atoms with Gasteiger partial charge in [-0.25, -0.2) is 4.31 Å². The van der Waals surface area contributed by atoms with Crippen LogP contribution < -0.4 is 4.90 Å². The van der Waals surface area contributed by atoms with Crippen molar-refractivity contribution >= 4 is 34.2 Å². The molecule has 1 aromatic carbocycles. The average Bonchev–Trinajstić information content (AvgIpc) is 2.35. The lowest BCUT2D eigenvalue weighted by atomic mass is 10.3. The molecular weight excluding hydrogens is 236 g/mol. The first-order valence-corrected chi connectivity index (χ1v) is 6.62. The summed E-state index contributed by atoms with van der Waals surface area (Å²) in [6.45, 7) is 6.29. The third-order valence-electron chi connectivity index (χ3n) is 2.33. The molecule has 0 amide bonds. The molecule has 0 radical (unpaired) electrons. The number of para-hydroxylation sites is 1. The average molecular weight is 254 g/mol. The van der Waals surface area contributed by atoms with Gasteiger partial charge in [0, 0.05) is 25.8 Å². The number of rotatable bonds is 4. The topological polar surface area (TPSA) is 6.48 Å². The monoisotopic (exact) mass is 254 g/mol. The number of benzene rings is 1. The highest BCUT2D eigenvalue weighted by molar-refractivity contribution is 8.21. The van der Waals surface area contributed by atoms with Crippen LogP contribution in [-0.2, 0) is 0 Å². The van der Waals surface area contributed by atoms with E-state index in [1.807, 2.05) is 30.1 Å². The van der Waals surface area contributed by atoms with Crippen LogP contribution in [0.25, 0.3) is 0 Å². The number of thiocarbonyl (C=S) groups is 1. The number of hydrogen-bond acceptors (Lipinski definition) is 3. The predicted octanol–water partition coefficient (Wildman–Crippen LogP) is 3.40. The van der Waals surface area contributed by atoms with Gasteiger partial charge in [-0.1, -0.05) is 44.3 Å². The van der Waals surface area contributed by atoms with E-state index < -0.39 is 0 Å². The van der Waals surface area contributed by atoms with Gasteiger partial charge < -0.3 is 4.90 Å². The van der Waals surface area contributed by atoms with Crippen LogP contribution in [0.1, 0.15) is 13.8 Å². The van der Waals surface area contributed by atoms with E-state index in [0.29, 0.717) is 0 Å².